The molecule has 0 amide bonds. The van der Waals surface area contributed by atoms with Crippen molar-refractivity contribution < 1.29 is 28.0 Å². The lowest BCUT2D eigenvalue weighted by molar-refractivity contribution is 0.668. The van der Waals surface area contributed by atoms with Gasteiger partial charge in [-0.3, -0.25) is 0 Å². The summed E-state index contributed by atoms with van der Waals surface area (Å²) in [4.78, 5) is 0. The first-order valence-corrected chi connectivity index (χ1v) is 18.8. The van der Waals surface area contributed by atoms with Crippen LogP contribution in [0.2, 0.25) is 0 Å². The first-order chi connectivity index (χ1) is 34.6. The number of benzene rings is 9. The molecule has 0 radical (unpaired) electrons. The molecular formula is C54H28N2O2. The molecule has 0 unspecified atom stereocenters. The minimum Gasteiger partial charge on any atom is -0.456 e. The summed E-state index contributed by atoms with van der Waals surface area (Å²) in [6, 6.07) is 22.5. The second kappa shape index (κ2) is 10.1. The molecule has 15 rings (SSSR count). The van der Waals surface area contributed by atoms with E-state index in [9.17, 15) is 5.48 Å². The summed E-state index contributed by atoms with van der Waals surface area (Å²) in [6.45, 7) is 0. The van der Waals surface area contributed by atoms with Gasteiger partial charge in [-0.2, -0.15) is 0 Å². The predicted octanol–water partition coefficient (Wildman–Crippen LogP) is 15.1. The Morgan fingerprint density at radius 2 is 0.810 bits per heavy atom. The Hall–Kier alpha value is -7.82. The van der Waals surface area contributed by atoms with Crippen molar-refractivity contribution in [3.8, 4) is 22.3 Å². The van der Waals surface area contributed by atoms with Gasteiger partial charge in [-0.05, 0) is 82.8 Å². The maximum absolute atomic E-state index is 9.66. The minimum absolute atomic E-state index is 0.0104. The second-order valence-electron chi connectivity index (χ2n) is 14.9. The van der Waals surface area contributed by atoms with E-state index in [2.05, 4.69) is 20.9 Å². The Morgan fingerprint density at radius 3 is 1.31 bits per heavy atom. The van der Waals surface area contributed by atoms with Crippen LogP contribution >= 0.6 is 0 Å². The molecule has 0 fully saturated rings. The van der Waals surface area contributed by atoms with Gasteiger partial charge in [0.1, 0.15) is 22.3 Å². The number of hydrogen-bond donors (Lipinski definition) is 0. The molecule has 9 aromatic carbocycles. The fourth-order valence-electron chi connectivity index (χ4n) is 9.80. The van der Waals surface area contributed by atoms with Gasteiger partial charge in [-0.15, -0.1) is 0 Å². The predicted molar refractivity (Wildman–Crippen MR) is 241 cm³/mol. The van der Waals surface area contributed by atoms with Gasteiger partial charge in [0.25, 0.3) is 0 Å². The van der Waals surface area contributed by atoms with Crippen LogP contribution in [0, 0.1) is 0 Å². The van der Waals surface area contributed by atoms with Gasteiger partial charge >= 0.3 is 0 Å². The highest BCUT2D eigenvalue weighted by Crippen LogP contribution is 2.49. The van der Waals surface area contributed by atoms with Gasteiger partial charge in [0.2, 0.25) is 0 Å². The molecule has 266 valence electrons. The molecular weight excluding hydrogens is 709 g/mol. The largest absolute Gasteiger partial charge is 0.456 e. The van der Waals surface area contributed by atoms with Gasteiger partial charge in [0, 0.05) is 64.6 Å². The van der Waals surface area contributed by atoms with E-state index in [0.717, 1.165) is 76.2 Å². The summed E-state index contributed by atoms with van der Waals surface area (Å²) in [5.74, 6) is 0. The highest BCUT2D eigenvalue weighted by Gasteiger charge is 2.25. The summed E-state index contributed by atoms with van der Waals surface area (Å²) >= 11 is 0. The van der Waals surface area contributed by atoms with Crippen molar-refractivity contribution in [2.45, 2.75) is 0 Å². The second-order valence-corrected chi connectivity index (χ2v) is 14.9. The van der Waals surface area contributed by atoms with Crippen molar-refractivity contribution in [2.75, 3.05) is 0 Å². The number of nitrogens with zero attached hydrogens (tertiary/aromatic N) is 2. The quantitative estimate of drug-likeness (QED) is 0.176. The van der Waals surface area contributed by atoms with Crippen LogP contribution < -0.4 is 0 Å². The van der Waals surface area contributed by atoms with Crippen LogP contribution in [0.1, 0.15) is 19.2 Å². The molecule has 0 spiro atoms. The lowest BCUT2D eigenvalue weighted by Gasteiger charge is -2.07. The molecule has 0 aliphatic heterocycles. The third-order valence-corrected chi connectivity index (χ3v) is 12.1. The minimum atomic E-state index is -0.497. The van der Waals surface area contributed by atoms with Gasteiger partial charge < -0.3 is 17.6 Å². The smallest absolute Gasteiger partial charge is 0.135 e. The normalized spacial score (nSPS) is 16.2. The molecule has 0 bridgehead atoms. The Kier molecular flexibility index (Phi) is 3.47. The average molecular weight is 751 g/mol. The maximum Gasteiger partial charge on any atom is 0.135 e. The molecule has 0 atom stereocenters. The van der Waals surface area contributed by atoms with Crippen LogP contribution in [0.5, 0.6) is 0 Å². The van der Waals surface area contributed by atoms with Crippen LogP contribution in [0.4, 0.5) is 0 Å². The fraction of sp³-hybridized carbons (Fsp3) is 0. The molecule has 58 heavy (non-hydrogen) atoms. The van der Waals surface area contributed by atoms with Gasteiger partial charge in [0.05, 0.1) is 52.3 Å². The zero-order valence-corrected chi connectivity index (χ0v) is 29.8. The molecule has 6 aromatic heterocycles. The van der Waals surface area contributed by atoms with E-state index in [4.69, 9.17) is 22.5 Å². The number of para-hydroxylation sites is 4. The molecule has 0 N–H and O–H groups in total. The fourth-order valence-corrected chi connectivity index (χ4v) is 9.80. The van der Waals surface area contributed by atoms with E-state index < -0.39 is 36.3 Å². The Balaban J connectivity index is 1.03. The van der Waals surface area contributed by atoms with E-state index in [0.29, 0.717) is 11.1 Å². The first kappa shape index (κ1) is 19.9. The van der Waals surface area contributed by atoms with Crippen molar-refractivity contribution in [3.05, 3.63) is 170 Å². The standard InChI is InChI=1S/C54H28N2O2/c1-5-13-43-37(11-1)51-31(29-17-23-49-41(25-29)33-9-3-7-15-47(33)57-49)19-21-35-39-28-46-40(27-45(39)55(43)53(35)51)36-22-20-32(52-38-12-2-6-14-44(38)56(46)54(36)52)30-18-24-50-42(26-30)34-10-4-8-16-48(34)58-50/h1-28H/i3D,4D,7D,8D,9D,10D,15D,16D,17D,18D,23D,24D,25D,26D. The van der Waals surface area contributed by atoms with Crippen molar-refractivity contribution in [3.63, 3.8) is 0 Å². The van der Waals surface area contributed by atoms with Crippen LogP contribution in [-0.2, 0) is 0 Å². The van der Waals surface area contributed by atoms with Gasteiger partial charge in [-0.25, -0.2) is 0 Å². The van der Waals surface area contributed by atoms with Gasteiger partial charge in [-0.1, -0.05) is 109 Å². The molecule has 0 saturated carbocycles. The number of fused-ring (bicyclic) bond motifs is 18. The highest BCUT2D eigenvalue weighted by molar-refractivity contribution is 6.32. The Labute approximate surface area is 348 Å². The van der Waals surface area contributed by atoms with Crippen LogP contribution in [0.15, 0.2) is 178 Å². The van der Waals surface area contributed by atoms with Crippen molar-refractivity contribution in [1.82, 2.24) is 8.80 Å². The zero-order chi connectivity index (χ0) is 49.6. The van der Waals surface area contributed by atoms with E-state index in [1.54, 1.807) is 0 Å². The number of hydrogen-bond acceptors (Lipinski definition) is 2. The summed E-state index contributed by atoms with van der Waals surface area (Å²) in [5.41, 5.74) is 5.81. The first-order valence-electron chi connectivity index (χ1n) is 25.8. The Bertz CT molecular complexity index is 4790. The van der Waals surface area contributed by atoms with Crippen molar-refractivity contribution >= 4 is 120 Å². The molecule has 0 aliphatic rings. The van der Waals surface area contributed by atoms with Crippen LogP contribution in [0.3, 0.4) is 0 Å². The van der Waals surface area contributed by atoms with Crippen molar-refractivity contribution in [2.24, 2.45) is 0 Å². The number of aromatic nitrogens is 2. The van der Waals surface area contributed by atoms with E-state index in [1.165, 1.54) is 0 Å². The Morgan fingerprint density at radius 1 is 0.362 bits per heavy atom. The van der Waals surface area contributed by atoms with E-state index in [-0.39, 0.29) is 103 Å². The lowest BCUT2D eigenvalue weighted by Crippen LogP contribution is -1.82. The number of rotatable bonds is 2. The molecule has 4 heteroatoms. The lowest BCUT2D eigenvalue weighted by atomic mass is 9.95. The molecule has 15 aromatic rings. The van der Waals surface area contributed by atoms with E-state index >= 15 is 0 Å². The van der Waals surface area contributed by atoms with E-state index in [1.807, 2.05) is 72.8 Å². The maximum atomic E-state index is 9.66. The third kappa shape index (κ3) is 3.46. The summed E-state index contributed by atoms with van der Waals surface area (Å²) in [6.07, 6.45) is 0. The summed E-state index contributed by atoms with van der Waals surface area (Å²) in [7, 11) is 0. The average Bonchev–Trinajstić information content (AvgIpc) is 4.24. The molecule has 0 aliphatic carbocycles. The molecule has 6 heterocycles. The third-order valence-electron chi connectivity index (χ3n) is 12.1. The van der Waals surface area contributed by atoms with Crippen LogP contribution in [-0.4, -0.2) is 8.80 Å². The monoisotopic (exact) mass is 750 g/mol. The van der Waals surface area contributed by atoms with Gasteiger partial charge in [0.15, 0.2) is 0 Å². The van der Waals surface area contributed by atoms with Crippen molar-refractivity contribution in [1.29, 1.82) is 0 Å². The van der Waals surface area contributed by atoms with Crippen LogP contribution in [0.25, 0.3) is 142 Å². The topological polar surface area (TPSA) is 35.1 Å². The number of furan rings is 2. The zero-order valence-electron chi connectivity index (χ0n) is 43.8. The molecule has 0 saturated heterocycles. The SMILES string of the molecule is [2H]c1c([2H])c([2H])c2c(oc3c([2H])c([2H])c(-c4ccc5c6cc7c(cc6n6c8ccccc8c4c56)c4ccc(-c5c([2H])c([2H])c6oc8c([2H])c([2H])c([2H])c([2H])c8c6c5[2H])c5c6ccccc6n7c45)c([2H])c32)c1[2H]. The summed E-state index contributed by atoms with van der Waals surface area (Å²) in [5, 5.41) is 6.85. The highest BCUT2D eigenvalue weighted by atomic mass is 16.3. The molecule has 4 nitrogen and oxygen atoms in total. The summed E-state index contributed by atoms with van der Waals surface area (Å²) < 4.78 is 141.